The number of hydrogen-bond acceptors (Lipinski definition) is 3. The van der Waals surface area contributed by atoms with Crippen molar-refractivity contribution < 1.29 is 9.13 Å². The smallest absolute Gasteiger partial charge is 0.124 e. The van der Waals surface area contributed by atoms with Gasteiger partial charge in [0.1, 0.15) is 11.6 Å². The van der Waals surface area contributed by atoms with Crippen molar-refractivity contribution >= 4 is 0 Å². The van der Waals surface area contributed by atoms with Gasteiger partial charge < -0.3 is 10.1 Å². The first-order valence-corrected chi connectivity index (χ1v) is 6.71. The van der Waals surface area contributed by atoms with Crippen LogP contribution in [-0.4, -0.2) is 23.4 Å². The standard InChI is InChI=1S/C15H20FN3O/c1-4-7-17-15(11-9-18-19(2)10-11)13-8-12(16)5-6-14(13)20-3/h5-6,8-10,15,17H,4,7H2,1-3H3. The Kier molecular flexibility index (Phi) is 4.74. The Labute approximate surface area is 118 Å². The van der Waals surface area contributed by atoms with Gasteiger partial charge in [0.2, 0.25) is 0 Å². The summed E-state index contributed by atoms with van der Waals surface area (Å²) in [5, 5.41) is 7.61. The highest BCUT2D eigenvalue weighted by Gasteiger charge is 2.19. The Morgan fingerprint density at radius 3 is 2.85 bits per heavy atom. The fourth-order valence-electron chi connectivity index (χ4n) is 2.22. The van der Waals surface area contributed by atoms with Crippen LogP contribution in [0.3, 0.4) is 0 Å². The van der Waals surface area contributed by atoms with Crippen molar-refractivity contribution in [2.45, 2.75) is 19.4 Å². The van der Waals surface area contributed by atoms with Crippen LogP contribution in [0.5, 0.6) is 5.75 Å². The molecule has 2 aromatic rings. The van der Waals surface area contributed by atoms with E-state index in [2.05, 4.69) is 17.3 Å². The number of aryl methyl sites for hydroxylation is 1. The Balaban J connectivity index is 2.42. The molecule has 2 rings (SSSR count). The molecule has 0 saturated carbocycles. The Morgan fingerprint density at radius 1 is 1.45 bits per heavy atom. The largest absolute Gasteiger partial charge is 0.496 e. The van der Waals surface area contributed by atoms with Crippen molar-refractivity contribution in [1.82, 2.24) is 15.1 Å². The molecule has 1 heterocycles. The zero-order chi connectivity index (χ0) is 14.5. The summed E-state index contributed by atoms with van der Waals surface area (Å²) >= 11 is 0. The lowest BCUT2D eigenvalue weighted by Crippen LogP contribution is -2.23. The van der Waals surface area contributed by atoms with Gasteiger partial charge >= 0.3 is 0 Å². The molecule has 0 fully saturated rings. The molecule has 0 radical (unpaired) electrons. The second kappa shape index (κ2) is 6.52. The summed E-state index contributed by atoms with van der Waals surface area (Å²) in [7, 11) is 3.46. The third kappa shape index (κ3) is 3.17. The number of methoxy groups -OCH3 is 1. The fraction of sp³-hybridized carbons (Fsp3) is 0.400. The highest BCUT2D eigenvalue weighted by Crippen LogP contribution is 2.30. The van der Waals surface area contributed by atoms with E-state index in [1.807, 2.05) is 13.2 Å². The van der Waals surface area contributed by atoms with Gasteiger partial charge in [-0.1, -0.05) is 6.92 Å². The van der Waals surface area contributed by atoms with Crippen molar-refractivity contribution in [1.29, 1.82) is 0 Å². The summed E-state index contributed by atoms with van der Waals surface area (Å²) in [5.74, 6) is 0.400. The van der Waals surface area contributed by atoms with E-state index in [1.54, 1.807) is 24.1 Å². The number of ether oxygens (including phenoxy) is 1. The molecule has 1 aromatic heterocycles. The zero-order valence-electron chi connectivity index (χ0n) is 12.1. The quantitative estimate of drug-likeness (QED) is 0.882. The summed E-state index contributed by atoms with van der Waals surface area (Å²) in [5.41, 5.74) is 1.78. The molecule has 0 amide bonds. The summed E-state index contributed by atoms with van der Waals surface area (Å²) in [6.45, 7) is 2.93. The zero-order valence-corrected chi connectivity index (χ0v) is 12.1. The minimum absolute atomic E-state index is 0.130. The lowest BCUT2D eigenvalue weighted by Gasteiger charge is -2.20. The molecule has 5 heteroatoms. The van der Waals surface area contributed by atoms with Gasteiger partial charge in [-0.05, 0) is 31.2 Å². The topological polar surface area (TPSA) is 39.1 Å². The first kappa shape index (κ1) is 14.5. The molecule has 108 valence electrons. The molecule has 0 aliphatic rings. The molecule has 1 unspecified atom stereocenters. The van der Waals surface area contributed by atoms with E-state index in [1.165, 1.54) is 12.1 Å². The molecule has 4 nitrogen and oxygen atoms in total. The van der Waals surface area contributed by atoms with Gasteiger partial charge in [0, 0.05) is 24.4 Å². The van der Waals surface area contributed by atoms with Crippen molar-refractivity contribution in [3.8, 4) is 5.75 Å². The highest BCUT2D eigenvalue weighted by atomic mass is 19.1. The molecule has 1 atom stereocenters. The average molecular weight is 277 g/mol. The van der Waals surface area contributed by atoms with E-state index in [4.69, 9.17) is 4.74 Å². The normalized spacial score (nSPS) is 12.4. The third-order valence-electron chi connectivity index (χ3n) is 3.16. The summed E-state index contributed by atoms with van der Waals surface area (Å²) in [6.07, 6.45) is 4.71. The van der Waals surface area contributed by atoms with Crippen LogP contribution >= 0.6 is 0 Å². The first-order valence-electron chi connectivity index (χ1n) is 6.71. The minimum Gasteiger partial charge on any atom is -0.496 e. The number of aromatic nitrogens is 2. The van der Waals surface area contributed by atoms with Gasteiger partial charge in [-0.3, -0.25) is 4.68 Å². The van der Waals surface area contributed by atoms with Crippen molar-refractivity contribution in [2.75, 3.05) is 13.7 Å². The monoisotopic (exact) mass is 277 g/mol. The van der Waals surface area contributed by atoms with Crippen molar-refractivity contribution in [3.05, 3.63) is 47.5 Å². The minimum atomic E-state index is -0.270. The Hall–Kier alpha value is -1.88. The summed E-state index contributed by atoms with van der Waals surface area (Å²) in [4.78, 5) is 0. The second-order valence-electron chi connectivity index (χ2n) is 4.72. The summed E-state index contributed by atoms with van der Waals surface area (Å²) < 4.78 is 20.7. The van der Waals surface area contributed by atoms with Gasteiger partial charge in [-0.15, -0.1) is 0 Å². The third-order valence-corrected chi connectivity index (χ3v) is 3.16. The van der Waals surface area contributed by atoms with Gasteiger partial charge in [0.05, 0.1) is 19.3 Å². The van der Waals surface area contributed by atoms with E-state index in [9.17, 15) is 4.39 Å². The van der Waals surface area contributed by atoms with E-state index < -0.39 is 0 Å². The number of benzene rings is 1. The molecule has 1 aromatic carbocycles. The second-order valence-corrected chi connectivity index (χ2v) is 4.72. The van der Waals surface area contributed by atoms with Crippen LogP contribution in [0.4, 0.5) is 4.39 Å². The van der Waals surface area contributed by atoms with Crippen LogP contribution in [0.1, 0.15) is 30.5 Å². The van der Waals surface area contributed by atoms with E-state index in [0.717, 1.165) is 24.1 Å². The number of halogens is 1. The number of nitrogens with one attached hydrogen (secondary N) is 1. The Bertz CT molecular complexity index is 568. The predicted octanol–water partition coefficient (Wildman–Crippen LogP) is 2.66. The van der Waals surface area contributed by atoms with E-state index in [0.29, 0.717) is 5.75 Å². The Morgan fingerprint density at radius 2 is 2.25 bits per heavy atom. The van der Waals surface area contributed by atoms with Gasteiger partial charge in [0.25, 0.3) is 0 Å². The number of hydrogen-bond donors (Lipinski definition) is 1. The molecule has 0 bridgehead atoms. The van der Waals surface area contributed by atoms with Crippen molar-refractivity contribution in [2.24, 2.45) is 7.05 Å². The van der Waals surface area contributed by atoms with Gasteiger partial charge in [-0.25, -0.2) is 4.39 Å². The molecule has 0 spiro atoms. The maximum atomic E-state index is 13.6. The molecule has 0 aliphatic heterocycles. The average Bonchev–Trinajstić information content (AvgIpc) is 2.86. The lowest BCUT2D eigenvalue weighted by molar-refractivity contribution is 0.402. The van der Waals surface area contributed by atoms with E-state index in [-0.39, 0.29) is 11.9 Å². The van der Waals surface area contributed by atoms with Crippen LogP contribution in [0, 0.1) is 5.82 Å². The lowest BCUT2D eigenvalue weighted by atomic mass is 10.00. The van der Waals surface area contributed by atoms with Crippen LogP contribution in [-0.2, 0) is 7.05 Å². The number of rotatable bonds is 6. The maximum absolute atomic E-state index is 13.6. The molecule has 1 N–H and O–H groups in total. The van der Waals surface area contributed by atoms with Crippen LogP contribution < -0.4 is 10.1 Å². The molecule has 0 aliphatic carbocycles. The van der Waals surface area contributed by atoms with Crippen molar-refractivity contribution in [3.63, 3.8) is 0 Å². The molecular formula is C15H20FN3O. The van der Waals surface area contributed by atoms with Gasteiger partial charge in [0.15, 0.2) is 0 Å². The molecule has 0 saturated heterocycles. The number of nitrogens with zero attached hydrogens (tertiary/aromatic N) is 2. The van der Waals surface area contributed by atoms with E-state index >= 15 is 0 Å². The van der Waals surface area contributed by atoms with Crippen LogP contribution in [0.2, 0.25) is 0 Å². The predicted molar refractivity (Wildman–Crippen MR) is 76.3 cm³/mol. The summed E-state index contributed by atoms with van der Waals surface area (Å²) in [6, 6.07) is 4.44. The SMILES string of the molecule is CCCNC(c1cnn(C)c1)c1cc(F)ccc1OC. The van der Waals surface area contributed by atoms with Crippen LogP contribution in [0.15, 0.2) is 30.6 Å². The first-order chi connectivity index (χ1) is 9.65. The molecular weight excluding hydrogens is 257 g/mol. The molecule has 20 heavy (non-hydrogen) atoms. The van der Waals surface area contributed by atoms with Gasteiger partial charge in [-0.2, -0.15) is 5.10 Å². The maximum Gasteiger partial charge on any atom is 0.124 e. The fourth-order valence-corrected chi connectivity index (χ4v) is 2.22. The highest BCUT2D eigenvalue weighted by molar-refractivity contribution is 5.41. The van der Waals surface area contributed by atoms with Crippen LogP contribution in [0.25, 0.3) is 0 Å².